The van der Waals surface area contributed by atoms with E-state index in [2.05, 4.69) is 0 Å². The SMILES string of the molecule is CN(C)CC1CC2(OC1=O)C(=O)Cc1ccccc12. The van der Waals surface area contributed by atoms with Gasteiger partial charge in [-0.2, -0.15) is 0 Å². The van der Waals surface area contributed by atoms with Crippen LogP contribution in [0.1, 0.15) is 17.5 Å². The number of esters is 1. The molecule has 1 saturated heterocycles. The Morgan fingerprint density at radius 3 is 2.79 bits per heavy atom. The highest BCUT2D eigenvalue weighted by atomic mass is 16.6. The molecule has 3 rings (SSSR count). The first-order valence-electron chi connectivity index (χ1n) is 6.52. The van der Waals surface area contributed by atoms with Gasteiger partial charge in [-0.05, 0) is 19.7 Å². The van der Waals surface area contributed by atoms with E-state index in [-0.39, 0.29) is 17.7 Å². The molecule has 1 spiro atoms. The third-order valence-corrected chi connectivity index (χ3v) is 3.98. The Balaban J connectivity index is 1.97. The summed E-state index contributed by atoms with van der Waals surface area (Å²) in [5.41, 5.74) is 0.870. The number of carbonyl (C=O) groups is 2. The summed E-state index contributed by atoms with van der Waals surface area (Å²) < 4.78 is 5.55. The fraction of sp³-hybridized carbons (Fsp3) is 0.467. The van der Waals surface area contributed by atoms with Gasteiger partial charge in [0.1, 0.15) is 0 Å². The van der Waals surface area contributed by atoms with E-state index in [1.54, 1.807) is 0 Å². The molecule has 2 aliphatic rings. The van der Waals surface area contributed by atoms with E-state index >= 15 is 0 Å². The van der Waals surface area contributed by atoms with Gasteiger partial charge in [0.2, 0.25) is 0 Å². The van der Waals surface area contributed by atoms with E-state index in [9.17, 15) is 9.59 Å². The highest BCUT2D eigenvalue weighted by molar-refractivity contribution is 5.99. The monoisotopic (exact) mass is 259 g/mol. The largest absolute Gasteiger partial charge is 0.446 e. The zero-order valence-corrected chi connectivity index (χ0v) is 11.2. The van der Waals surface area contributed by atoms with Crippen molar-refractivity contribution in [1.82, 2.24) is 4.90 Å². The van der Waals surface area contributed by atoms with Gasteiger partial charge in [0.15, 0.2) is 11.4 Å². The van der Waals surface area contributed by atoms with E-state index in [4.69, 9.17) is 4.74 Å². The molecule has 0 aromatic heterocycles. The van der Waals surface area contributed by atoms with Crippen molar-refractivity contribution in [2.45, 2.75) is 18.4 Å². The first-order valence-corrected chi connectivity index (χ1v) is 6.52. The number of nitrogens with zero attached hydrogens (tertiary/aromatic N) is 1. The molecule has 1 aromatic carbocycles. The van der Waals surface area contributed by atoms with Crippen LogP contribution in [0.2, 0.25) is 0 Å². The minimum absolute atomic E-state index is 0.0170. The maximum atomic E-state index is 12.3. The highest BCUT2D eigenvalue weighted by Crippen LogP contribution is 2.46. The third-order valence-electron chi connectivity index (χ3n) is 3.98. The Labute approximate surface area is 112 Å². The molecule has 19 heavy (non-hydrogen) atoms. The van der Waals surface area contributed by atoms with Crippen LogP contribution in [0.15, 0.2) is 24.3 Å². The molecule has 2 atom stereocenters. The molecule has 2 unspecified atom stereocenters. The van der Waals surface area contributed by atoms with Crippen molar-refractivity contribution < 1.29 is 14.3 Å². The van der Waals surface area contributed by atoms with Gasteiger partial charge in [0.25, 0.3) is 0 Å². The number of carbonyl (C=O) groups excluding carboxylic acids is 2. The Hall–Kier alpha value is -1.68. The van der Waals surface area contributed by atoms with Crippen molar-refractivity contribution in [3.05, 3.63) is 35.4 Å². The second-order valence-corrected chi connectivity index (χ2v) is 5.67. The molecular weight excluding hydrogens is 242 g/mol. The average molecular weight is 259 g/mol. The van der Waals surface area contributed by atoms with E-state index < -0.39 is 5.60 Å². The van der Waals surface area contributed by atoms with Crippen LogP contribution >= 0.6 is 0 Å². The van der Waals surface area contributed by atoms with Crippen LogP contribution in [0.5, 0.6) is 0 Å². The van der Waals surface area contributed by atoms with Gasteiger partial charge in [0.05, 0.1) is 5.92 Å². The van der Waals surface area contributed by atoms with Crippen LogP contribution in [0.4, 0.5) is 0 Å². The molecule has 4 heteroatoms. The van der Waals surface area contributed by atoms with E-state index in [0.29, 0.717) is 19.4 Å². The van der Waals surface area contributed by atoms with Crippen LogP contribution in [0.3, 0.4) is 0 Å². The summed E-state index contributed by atoms with van der Waals surface area (Å²) in [5.74, 6) is -0.452. The number of Topliss-reactive ketones (excluding diaryl/α,β-unsaturated/α-hetero) is 1. The smallest absolute Gasteiger partial charge is 0.311 e. The molecule has 1 aliphatic heterocycles. The van der Waals surface area contributed by atoms with Crippen molar-refractivity contribution in [3.8, 4) is 0 Å². The average Bonchev–Trinajstić information content (AvgIpc) is 2.80. The Morgan fingerprint density at radius 1 is 1.32 bits per heavy atom. The molecular formula is C15H17NO3. The molecule has 0 N–H and O–H groups in total. The third kappa shape index (κ3) is 1.78. The lowest BCUT2D eigenvalue weighted by Crippen LogP contribution is -2.31. The summed E-state index contributed by atoms with van der Waals surface area (Å²) in [5, 5.41) is 0. The van der Waals surface area contributed by atoms with Gasteiger partial charge < -0.3 is 9.64 Å². The highest BCUT2D eigenvalue weighted by Gasteiger charge is 2.56. The number of fused-ring (bicyclic) bond motifs is 2. The van der Waals surface area contributed by atoms with Crippen LogP contribution in [0.25, 0.3) is 0 Å². The van der Waals surface area contributed by atoms with Crippen LogP contribution in [0, 0.1) is 5.92 Å². The first kappa shape index (κ1) is 12.4. The van der Waals surface area contributed by atoms with Crippen molar-refractivity contribution in [3.63, 3.8) is 0 Å². The summed E-state index contributed by atoms with van der Waals surface area (Å²) in [6.45, 7) is 0.621. The molecule has 0 saturated carbocycles. The maximum Gasteiger partial charge on any atom is 0.311 e. The van der Waals surface area contributed by atoms with Crippen LogP contribution in [-0.4, -0.2) is 37.3 Å². The second-order valence-electron chi connectivity index (χ2n) is 5.67. The van der Waals surface area contributed by atoms with Gasteiger partial charge in [-0.3, -0.25) is 9.59 Å². The minimum Gasteiger partial charge on any atom is -0.446 e. The topological polar surface area (TPSA) is 46.6 Å². The molecule has 0 bridgehead atoms. The summed E-state index contributed by atoms with van der Waals surface area (Å²) >= 11 is 0. The minimum atomic E-state index is -1.01. The van der Waals surface area contributed by atoms with Gasteiger partial charge in [0, 0.05) is 24.9 Å². The molecule has 1 heterocycles. The number of ether oxygens (including phenoxy) is 1. The van der Waals surface area contributed by atoms with E-state index in [1.807, 2.05) is 43.3 Å². The summed E-state index contributed by atoms with van der Waals surface area (Å²) in [6.07, 6.45) is 0.845. The lowest BCUT2D eigenvalue weighted by atomic mass is 9.88. The number of ketones is 1. The van der Waals surface area contributed by atoms with E-state index in [1.165, 1.54) is 0 Å². The van der Waals surface area contributed by atoms with Gasteiger partial charge in [-0.25, -0.2) is 0 Å². The number of hydrogen-bond acceptors (Lipinski definition) is 4. The van der Waals surface area contributed by atoms with Crippen molar-refractivity contribution in [2.24, 2.45) is 5.92 Å². The standard InChI is InChI=1S/C15H17NO3/c1-16(2)9-11-8-15(19-14(11)18)12-6-4-3-5-10(12)7-13(15)17/h3-6,11H,7-9H2,1-2H3. The molecule has 0 amide bonds. The zero-order chi connectivity index (χ0) is 13.6. The number of rotatable bonds is 2. The Bertz CT molecular complexity index is 552. The normalized spacial score (nSPS) is 29.1. The first-order chi connectivity index (χ1) is 9.03. The Kier molecular flexibility index (Phi) is 2.71. The molecule has 1 aromatic rings. The summed E-state index contributed by atoms with van der Waals surface area (Å²) in [7, 11) is 3.84. The van der Waals surface area contributed by atoms with Crippen molar-refractivity contribution in [2.75, 3.05) is 20.6 Å². The molecule has 100 valence electrons. The van der Waals surface area contributed by atoms with Crippen molar-refractivity contribution >= 4 is 11.8 Å². The van der Waals surface area contributed by atoms with Crippen LogP contribution < -0.4 is 0 Å². The van der Waals surface area contributed by atoms with Gasteiger partial charge in [-0.1, -0.05) is 24.3 Å². The van der Waals surface area contributed by atoms with Gasteiger partial charge in [-0.15, -0.1) is 0 Å². The van der Waals surface area contributed by atoms with Gasteiger partial charge >= 0.3 is 5.97 Å². The summed E-state index contributed by atoms with van der Waals surface area (Å²) in [4.78, 5) is 26.3. The predicted octanol–water partition coefficient (Wildman–Crippen LogP) is 1.13. The Morgan fingerprint density at radius 2 is 2.05 bits per heavy atom. The lowest BCUT2D eigenvalue weighted by molar-refractivity contribution is -0.158. The van der Waals surface area contributed by atoms with Crippen LogP contribution in [-0.2, 0) is 26.3 Å². The predicted molar refractivity (Wildman–Crippen MR) is 69.6 cm³/mol. The summed E-state index contributed by atoms with van der Waals surface area (Å²) in [6, 6.07) is 7.66. The fourth-order valence-corrected chi connectivity index (χ4v) is 3.18. The molecule has 1 fully saturated rings. The van der Waals surface area contributed by atoms with Crippen molar-refractivity contribution in [1.29, 1.82) is 0 Å². The number of benzene rings is 1. The second kappa shape index (κ2) is 4.17. The number of hydrogen-bond donors (Lipinski definition) is 0. The maximum absolute atomic E-state index is 12.3. The molecule has 1 aliphatic carbocycles. The van der Waals surface area contributed by atoms with E-state index in [0.717, 1.165) is 11.1 Å². The zero-order valence-electron chi connectivity index (χ0n) is 11.2. The molecule has 4 nitrogen and oxygen atoms in total. The molecule has 0 radical (unpaired) electrons. The fourth-order valence-electron chi connectivity index (χ4n) is 3.18. The quantitative estimate of drug-likeness (QED) is 0.747. The lowest BCUT2D eigenvalue weighted by Gasteiger charge is -2.21.